The Hall–Kier alpha value is -3.58. The van der Waals surface area contributed by atoms with Gasteiger partial charge in [0, 0.05) is 53.4 Å². The maximum absolute atomic E-state index is 13.1. The number of likely N-dealkylation sites (N-methyl/N-ethyl adjacent to an activating group) is 2. The Bertz CT molecular complexity index is 1040. The number of imide groups is 2. The first-order valence-corrected chi connectivity index (χ1v) is 14.6. The largest absolute Gasteiger partial charge is 0.343 e. The Morgan fingerprint density at radius 1 is 0.675 bits per heavy atom. The van der Waals surface area contributed by atoms with Crippen molar-refractivity contribution in [1.29, 1.82) is 0 Å². The van der Waals surface area contributed by atoms with Gasteiger partial charge in [0.25, 0.3) is 11.8 Å². The van der Waals surface area contributed by atoms with Crippen molar-refractivity contribution < 1.29 is 19.2 Å². The lowest BCUT2D eigenvalue weighted by Crippen LogP contribution is -2.66. The van der Waals surface area contributed by atoms with E-state index in [1.165, 1.54) is 22.6 Å². The number of fused-ring (bicyclic) bond motifs is 2. The zero-order valence-electron chi connectivity index (χ0n) is 23.6. The molecule has 4 atom stereocenters. The van der Waals surface area contributed by atoms with Gasteiger partial charge in [0.15, 0.2) is 36.3 Å². The predicted octanol–water partition coefficient (Wildman–Crippen LogP) is -0.310. The number of hydrogen-bond acceptors (Lipinski definition) is 10. The smallest absolute Gasteiger partial charge is 0.325 e. The Labute approximate surface area is 234 Å². The molecule has 4 fully saturated rings. The van der Waals surface area contributed by atoms with Crippen LogP contribution in [0.1, 0.15) is 45.4 Å². The van der Waals surface area contributed by atoms with Crippen LogP contribution in [0.25, 0.3) is 0 Å². The topological polar surface area (TPSA) is 136 Å². The van der Waals surface area contributed by atoms with Crippen molar-refractivity contribution in [3.05, 3.63) is 0 Å². The lowest BCUT2D eigenvalue weighted by Gasteiger charge is -2.42. The molecule has 0 aromatic rings. The van der Waals surface area contributed by atoms with E-state index in [2.05, 4.69) is 37.2 Å². The molecule has 0 aromatic heterocycles. The molecule has 0 aliphatic carbocycles. The Kier molecular flexibility index (Phi) is 6.95. The van der Waals surface area contributed by atoms with Gasteiger partial charge in [-0.2, -0.15) is 0 Å². The van der Waals surface area contributed by atoms with E-state index >= 15 is 0 Å². The molecule has 0 saturated carbocycles. The Morgan fingerprint density at radius 3 is 1.43 bits per heavy atom. The van der Waals surface area contributed by atoms with Crippen LogP contribution in [0.15, 0.2) is 9.98 Å². The molecule has 14 nitrogen and oxygen atoms in total. The molecule has 6 aliphatic rings. The number of guanidine groups is 2. The van der Waals surface area contributed by atoms with Crippen LogP contribution in [-0.2, 0) is 9.59 Å². The van der Waals surface area contributed by atoms with Crippen molar-refractivity contribution in [3.8, 4) is 0 Å². The van der Waals surface area contributed by atoms with Gasteiger partial charge in [-0.3, -0.25) is 20.2 Å². The Morgan fingerprint density at radius 2 is 1.05 bits per heavy atom. The van der Waals surface area contributed by atoms with Crippen LogP contribution < -0.4 is 10.6 Å². The monoisotopic (exact) mass is 556 g/mol. The summed E-state index contributed by atoms with van der Waals surface area (Å²) in [6.07, 6.45) is 5.44. The average Bonchev–Trinajstić information content (AvgIpc) is 3.51. The van der Waals surface area contributed by atoms with Crippen molar-refractivity contribution in [2.24, 2.45) is 15.9 Å². The van der Waals surface area contributed by atoms with E-state index in [4.69, 9.17) is 9.98 Å². The number of aliphatic imine (C=N–C) groups is 2. The number of piperidine rings is 2. The molecule has 6 amide bonds. The number of nitrogens with one attached hydrogen (secondary N) is 2. The molecule has 0 aromatic carbocycles. The van der Waals surface area contributed by atoms with Crippen LogP contribution in [0, 0.1) is 5.92 Å². The maximum Gasteiger partial charge on any atom is 0.325 e. The minimum atomic E-state index is -0.606. The molecule has 14 heteroatoms. The number of amides is 6. The van der Waals surface area contributed by atoms with Gasteiger partial charge in [0.1, 0.15) is 0 Å². The maximum atomic E-state index is 13.1. The van der Waals surface area contributed by atoms with Gasteiger partial charge < -0.3 is 29.4 Å². The highest BCUT2D eigenvalue weighted by Crippen LogP contribution is 2.31. The Balaban J connectivity index is 1.25. The first-order chi connectivity index (χ1) is 19.2. The quantitative estimate of drug-likeness (QED) is 0.481. The zero-order valence-corrected chi connectivity index (χ0v) is 23.6. The van der Waals surface area contributed by atoms with Crippen LogP contribution in [0.4, 0.5) is 9.59 Å². The van der Waals surface area contributed by atoms with Gasteiger partial charge in [-0.15, -0.1) is 0 Å². The summed E-state index contributed by atoms with van der Waals surface area (Å²) in [4.78, 5) is 72.5. The van der Waals surface area contributed by atoms with Crippen molar-refractivity contribution in [2.75, 3.05) is 53.4 Å². The van der Waals surface area contributed by atoms with Crippen molar-refractivity contribution in [3.63, 3.8) is 0 Å². The van der Waals surface area contributed by atoms with Crippen LogP contribution in [-0.4, -0.2) is 143 Å². The van der Waals surface area contributed by atoms with Crippen LogP contribution in [0.3, 0.4) is 0 Å². The summed E-state index contributed by atoms with van der Waals surface area (Å²) in [7, 11) is 3.35. The number of urea groups is 2. The van der Waals surface area contributed by atoms with E-state index in [-0.39, 0.29) is 17.7 Å². The van der Waals surface area contributed by atoms with E-state index in [0.717, 1.165) is 63.8 Å². The fourth-order valence-corrected chi connectivity index (χ4v) is 6.86. The van der Waals surface area contributed by atoms with E-state index in [9.17, 15) is 19.2 Å². The van der Waals surface area contributed by atoms with Gasteiger partial charge in [-0.1, -0.05) is 6.92 Å². The third kappa shape index (κ3) is 4.50. The summed E-state index contributed by atoms with van der Waals surface area (Å²) < 4.78 is 0. The first-order valence-electron chi connectivity index (χ1n) is 14.6. The summed E-state index contributed by atoms with van der Waals surface area (Å²) in [6.45, 7) is 6.60. The van der Waals surface area contributed by atoms with E-state index in [1.807, 2.05) is 0 Å². The number of rotatable bonds is 4. The van der Waals surface area contributed by atoms with Crippen molar-refractivity contribution in [1.82, 2.24) is 40.0 Å². The molecule has 4 saturated heterocycles. The van der Waals surface area contributed by atoms with Gasteiger partial charge in [-0.05, 0) is 44.4 Å². The molecule has 218 valence electrons. The zero-order chi connectivity index (χ0) is 28.1. The number of nitrogens with zero attached hydrogens (tertiary/aromatic N) is 8. The summed E-state index contributed by atoms with van der Waals surface area (Å²) in [6, 6.07) is -2.08. The van der Waals surface area contributed by atoms with Crippen molar-refractivity contribution in [2.45, 2.75) is 69.9 Å². The van der Waals surface area contributed by atoms with Gasteiger partial charge in [0.2, 0.25) is 0 Å². The molecular formula is C26H40N10O4. The molecular weight excluding hydrogens is 516 g/mol. The van der Waals surface area contributed by atoms with Gasteiger partial charge >= 0.3 is 12.1 Å². The molecule has 6 rings (SSSR count). The number of hydrogen-bond donors (Lipinski definition) is 2. The molecule has 40 heavy (non-hydrogen) atoms. The summed E-state index contributed by atoms with van der Waals surface area (Å²) in [5.41, 5.74) is 0. The third-order valence-corrected chi connectivity index (χ3v) is 8.97. The van der Waals surface area contributed by atoms with Gasteiger partial charge in [-0.25, -0.2) is 19.6 Å². The van der Waals surface area contributed by atoms with E-state index in [0.29, 0.717) is 13.1 Å². The highest BCUT2D eigenvalue weighted by atomic mass is 16.2. The second kappa shape index (κ2) is 10.4. The van der Waals surface area contributed by atoms with E-state index < -0.39 is 36.5 Å². The molecule has 0 bridgehead atoms. The fraction of sp³-hybridized carbons (Fsp3) is 0.769. The third-order valence-electron chi connectivity index (χ3n) is 8.97. The summed E-state index contributed by atoms with van der Waals surface area (Å²) in [5, 5.41) is 4.98. The number of carbonyl (C=O) groups is 4. The first kappa shape index (κ1) is 26.6. The highest BCUT2D eigenvalue weighted by Gasteiger charge is 2.52. The second-order valence-electron chi connectivity index (χ2n) is 11.9. The number of carbonyl (C=O) groups excluding carboxylic acids is 4. The van der Waals surface area contributed by atoms with Crippen LogP contribution in [0.5, 0.6) is 0 Å². The average molecular weight is 557 g/mol. The fourth-order valence-electron chi connectivity index (χ4n) is 6.86. The normalized spacial score (nSPS) is 31.6. The molecule has 6 heterocycles. The molecule has 0 radical (unpaired) electrons. The highest BCUT2D eigenvalue weighted by molar-refractivity contribution is 6.04. The molecule has 6 aliphatic heterocycles. The predicted molar refractivity (Wildman–Crippen MR) is 146 cm³/mol. The van der Waals surface area contributed by atoms with Crippen LogP contribution in [0.2, 0.25) is 0 Å². The lowest BCUT2D eigenvalue weighted by molar-refractivity contribution is -0.127. The number of likely N-dealkylation sites (tertiary alicyclic amines) is 2. The minimum absolute atomic E-state index is 0.00829. The second-order valence-corrected chi connectivity index (χ2v) is 11.9. The van der Waals surface area contributed by atoms with Crippen LogP contribution >= 0.6 is 0 Å². The SMILES string of the molecule is CC(CN1C(N2CCCCC2)=NC2C1C(=O)NC(=O)N2C)CN1C(N2CCCCC2)=NC2C1C(=O)NC(=O)N2C. The lowest BCUT2D eigenvalue weighted by atomic mass is 10.0. The molecule has 4 unspecified atom stereocenters. The molecule has 0 spiro atoms. The van der Waals surface area contributed by atoms with Crippen molar-refractivity contribution >= 4 is 35.8 Å². The van der Waals surface area contributed by atoms with E-state index in [1.54, 1.807) is 14.1 Å². The van der Waals surface area contributed by atoms with Gasteiger partial charge in [0.05, 0.1) is 0 Å². The summed E-state index contributed by atoms with van der Waals surface area (Å²) >= 11 is 0. The standard InChI is InChI=1S/C26H40N10O4/c1-16(14-35-17-19(31(2)25(39)29-21(17)37)27-23(35)33-10-6-4-7-11-33)15-36-18-20(32(3)26(40)30-22(18)38)28-24(36)34-12-8-5-9-13-34/h16-20H,4-15H2,1-3H3,(H,29,37,39)(H,30,38,40). The minimum Gasteiger partial charge on any atom is -0.343 e. The summed E-state index contributed by atoms with van der Waals surface area (Å²) in [5.74, 6) is 0.875. The molecule has 2 N–H and O–H groups in total.